The number of carbonyl (C=O) groups is 1. The molecule has 7 nitrogen and oxygen atoms in total. The molecule has 3 aromatic rings. The van der Waals surface area contributed by atoms with Crippen LogP contribution in [0.1, 0.15) is 35.0 Å². The Hall–Kier alpha value is -3.03. The third-order valence-corrected chi connectivity index (χ3v) is 6.14. The van der Waals surface area contributed by atoms with Crippen molar-refractivity contribution in [1.29, 1.82) is 0 Å². The molecule has 5 rings (SSSR count). The van der Waals surface area contributed by atoms with Crippen LogP contribution in [0, 0.1) is 0 Å². The topological polar surface area (TPSA) is 86.8 Å². The van der Waals surface area contributed by atoms with E-state index >= 15 is 0 Å². The molecular formula is C24H27N3O4. The van der Waals surface area contributed by atoms with Gasteiger partial charge in [0.05, 0.1) is 12.6 Å². The number of aromatic amines is 1. The van der Waals surface area contributed by atoms with Crippen molar-refractivity contribution >= 4 is 16.8 Å². The average molecular weight is 421 g/mol. The van der Waals surface area contributed by atoms with Crippen LogP contribution < -0.4 is 10.1 Å². The van der Waals surface area contributed by atoms with Gasteiger partial charge in [-0.25, -0.2) is 0 Å². The van der Waals surface area contributed by atoms with Gasteiger partial charge >= 0.3 is 0 Å². The number of unbranched alkanes of at least 4 members (excludes halogenated alkanes) is 1. The monoisotopic (exact) mass is 421 g/mol. The zero-order valence-electron chi connectivity index (χ0n) is 17.3. The predicted octanol–water partition coefficient (Wildman–Crippen LogP) is 3.22. The van der Waals surface area contributed by atoms with E-state index in [1.54, 1.807) is 18.2 Å². The summed E-state index contributed by atoms with van der Waals surface area (Å²) in [6.45, 7) is 3.66. The van der Waals surface area contributed by atoms with E-state index in [4.69, 9.17) is 9.47 Å². The minimum absolute atomic E-state index is 0.0697. The number of rotatable bonds is 6. The quantitative estimate of drug-likeness (QED) is 0.532. The Morgan fingerprint density at radius 2 is 2.10 bits per heavy atom. The molecule has 2 aromatic carbocycles. The van der Waals surface area contributed by atoms with Gasteiger partial charge in [0.25, 0.3) is 5.91 Å². The number of benzene rings is 2. The molecule has 0 radical (unpaired) electrons. The maximum atomic E-state index is 12.4. The number of H-pyrrole nitrogens is 1. The Morgan fingerprint density at radius 3 is 3.00 bits per heavy atom. The van der Waals surface area contributed by atoms with Crippen LogP contribution in [0.25, 0.3) is 10.9 Å². The van der Waals surface area contributed by atoms with Gasteiger partial charge in [-0.15, -0.1) is 0 Å². The second-order valence-electron chi connectivity index (χ2n) is 8.16. The standard InChI is InChI=1S/C24H27N3O4/c28-17-7-8-22-18(14-17)23-21(15-31-22)27(11-12-30-23)10-4-3-9-25-24(29)20-13-16-5-1-2-6-19(16)26-20/h1-2,5-8,13-14,21,23,26,28H,3-4,9-12,15H2,(H,25,29)/t21?,23-/m1/s1. The third kappa shape index (κ3) is 4.11. The minimum Gasteiger partial charge on any atom is -0.508 e. The SMILES string of the molecule is O=C(NCCCCN1CCO[C@@H]2c3cc(O)ccc3OCC21)c1cc2ccccc2[nH]1. The van der Waals surface area contributed by atoms with E-state index in [0.717, 1.165) is 48.1 Å². The Balaban J connectivity index is 1.11. The first-order valence-corrected chi connectivity index (χ1v) is 10.9. The lowest BCUT2D eigenvalue weighted by molar-refractivity contribution is -0.0960. The van der Waals surface area contributed by atoms with Crippen molar-refractivity contribution in [2.24, 2.45) is 0 Å². The summed E-state index contributed by atoms with van der Waals surface area (Å²) in [4.78, 5) is 18.0. The summed E-state index contributed by atoms with van der Waals surface area (Å²) in [7, 11) is 0. The molecule has 1 fully saturated rings. The number of hydrogen-bond donors (Lipinski definition) is 3. The smallest absolute Gasteiger partial charge is 0.267 e. The fourth-order valence-corrected chi connectivity index (χ4v) is 4.53. The molecule has 1 unspecified atom stereocenters. The Kier molecular flexibility index (Phi) is 5.53. The molecule has 1 amide bonds. The first-order chi connectivity index (χ1) is 15.2. The molecule has 1 aromatic heterocycles. The van der Waals surface area contributed by atoms with E-state index in [2.05, 4.69) is 15.2 Å². The van der Waals surface area contributed by atoms with E-state index in [9.17, 15) is 9.90 Å². The normalized spacial score (nSPS) is 20.6. The number of phenols is 1. The summed E-state index contributed by atoms with van der Waals surface area (Å²) in [5.74, 6) is 0.953. The number of nitrogens with one attached hydrogen (secondary N) is 2. The van der Waals surface area contributed by atoms with Gasteiger partial charge in [-0.05, 0) is 49.7 Å². The molecule has 3 N–H and O–H groups in total. The molecule has 162 valence electrons. The number of hydrogen-bond acceptors (Lipinski definition) is 5. The van der Waals surface area contributed by atoms with Gasteiger partial charge in [0.1, 0.15) is 29.9 Å². The van der Waals surface area contributed by atoms with Crippen molar-refractivity contribution in [2.75, 3.05) is 32.8 Å². The number of aromatic hydroxyl groups is 1. The van der Waals surface area contributed by atoms with Gasteiger partial charge < -0.3 is 24.9 Å². The number of morpholine rings is 1. The number of phenolic OH excluding ortho intramolecular Hbond substituents is 1. The van der Waals surface area contributed by atoms with Crippen LogP contribution in [-0.2, 0) is 4.74 Å². The molecule has 0 bridgehead atoms. The highest BCUT2D eigenvalue weighted by atomic mass is 16.5. The van der Waals surface area contributed by atoms with E-state index in [1.165, 1.54) is 0 Å². The predicted molar refractivity (Wildman–Crippen MR) is 118 cm³/mol. The molecule has 0 spiro atoms. The highest BCUT2D eigenvalue weighted by molar-refractivity contribution is 5.97. The van der Waals surface area contributed by atoms with E-state index in [1.807, 2.05) is 30.3 Å². The molecule has 0 aliphatic carbocycles. The highest BCUT2D eigenvalue weighted by Gasteiger charge is 2.38. The number of fused-ring (bicyclic) bond motifs is 4. The first kappa shape index (κ1) is 19.9. The van der Waals surface area contributed by atoms with Crippen molar-refractivity contribution in [3.05, 3.63) is 59.8 Å². The maximum Gasteiger partial charge on any atom is 0.267 e. The van der Waals surface area contributed by atoms with Crippen LogP contribution in [0.2, 0.25) is 0 Å². The van der Waals surface area contributed by atoms with Crippen molar-refractivity contribution in [3.8, 4) is 11.5 Å². The molecule has 7 heteroatoms. The Bertz CT molecular complexity index is 1050. The fourth-order valence-electron chi connectivity index (χ4n) is 4.53. The zero-order chi connectivity index (χ0) is 21.2. The van der Waals surface area contributed by atoms with Crippen LogP contribution >= 0.6 is 0 Å². The van der Waals surface area contributed by atoms with Gasteiger partial charge in [-0.2, -0.15) is 0 Å². The molecule has 1 saturated heterocycles. The second kappa shape index (κ2) is 8.61. The lowest BCUT2D eigenvalue weighted by atomic mass is 9.96. The third-order valence-electron chi connectivity index (χ3n) is 6.14. The van der Waals surface area contributed by atoms with E-state index in [-0.39, 0.29) is 23.8 Å². The van der Waals surface area contributed by atoms with Gasteiger partial charge in [0, 0.05) is 29.6 Å². The van der Waals surface area contributed by atoms with E-state index in [0.29, 0.717) is 25.5 Å². The van der Waals surface area contributed by atoms with Crippen molar-refractivity contribution in [1.82, 2.24) is 15.2 Å². The molecular weight excluding hydrogens is 394 g/mol. The van der Waals surface area contributed by atoms with Crippen molar-refractivity contribution in [3.63, 3.8) is 0 Å². The largest absolute Gasteiger partial charge is 0.508 e. The first-order valence-electron chi connectivity index (χ1n) is 10.9. The number of aromatic nitrogens is 1. The van der Waals surface area contributed by atoms with Crippen LogP contribution in [0.5, 0.6) is 11.5 Å². The second-order valence-corrected chi connectivity index (χ2v) is 8.16. The summed E-state index contributed by atoms with van der Waals surface area (Å²) >= 11 is 0. The van der Waals surface area contributed by atoms with Gasteiger partial charge in [-0.3, -0.25) is 9.69 Å². The summed E-state index contributed by atoms with van der Waals surface area (Å²) in [5.41, 5.74) is 2.49. The van der Waals surface area contributed by atoms with Gasteiger partial charge in [-0.1, -0.05) is 18.2 Å². The number of nitrogens with zero attached hydrogens (tertiary/aromatic N) is 1. The van der Waals surface area contributed by atoms with Crippen LogP contribution in [0.15, 0.2) is 48.5 Å². The zero-order valence-corrected chi connectivity index (χ0v) is 17.3. The summed E-state index contributed by atoms with van der Waals surface area (Å²) in [6, 6.07) is 15.1. The molecule has 2 aliphatic heterocycles. The molecule has 0 saturated carbocycles. The average Bonchev–Trinajstić information content (AvgIpc) is 3.23. The summed E-state index contributed by atoms with van der Waals surface area (Å²) in [5, 5.41) is 13.9. The number of para-hydroxylation sites is 1. The van der Waals surface area contributed by atoms with Crippen LogP contribution in [0.4, 0.5) is 0 Å². The summed E-state index contributed by atoms with van der Waals surface area (Å²) in [6.07, 6.45) is 1.80. The van der Waals surface area contributed by atoms with Gasteiger partial charge in [0.2, 0.25) is 0 Å². The molecule has 2 aliphatic rings. The number of ether oxygens (including phenoxy) is 2. The maximum absolute atomic E-state index is 12.4. The van der Waals surface area contributed by atoms with Crippen molar-refractivity contribution in [2.45, 2.75) is 25.0 Å². The summed E-state index contributed by atoms with van der Waals surface area (Å²) < 4.78 is 12.0. The number of carbonyl (C=O) groups excluding carboxylic acids is 1. The van der Waals surface area contributed by atoms with Crippen LogP contribution in [-0.4, -0.2) is 59.8 Å². The van der Waals surface area contributed by atoms with E-state index < -0.39 is 0 Å². The molecule has 31 heavy (non-hydrogen) atoms. The van der Waals surface area contributed by atoms with Crippen LogP contribution in [0.3, 0.4) is 0 Å². The lowest BCUT2D eigenvalue weighted by Gasteiger charge is -2.44. The number of amides is 1. The minimum atomic E-state index is -0.0775. The molecule has 2 atom stereocenters. The highest BCUT2D eigenvalue weighted by Crippen LogP contribution is 2.40. The Morgan fingerprint density at radius 1 is 1.19 bits per heavy atom. The lowest BCUT2D eigenvalue weighted by Crippen LogP contribution is -2.52. The fraction of sp³-hybridized carbons (Fsp3) is 0.375. The van der Waals surface area contributed by atoms with Crippen molar-refractivity contribution < 1.29 is 19.4 Å². The van der Waals surface area contributed by atoms with Gasteiger partial charge in [0.15, 0.2) is 0 Å². The molecule has 3 heterocycles. The Labute approximate surface area is 181 Å².